The molecule has 0 aliphatic carbocycles. The van der Waals surface area contributed by atoms with Crippen LogP contribution < -0.4 is 15.4 Å². The monoisotopic (exact) mass is 335 g/mol. The molecule has 0 aliphatic heterocycles. The number of hydrogen-bond acceptors (Lipinski definition) is 4. The van der Waals surface area contributed by atoms with Gasteiger partial charge in [0.2, 0.25) is 5.91 Å². The van der Waals surface area contributed by atoms with Gasteiger partial charge in [-0.15, -0.1) is 13.2 Å². The number of nitriles is 1. The van der Waals surface area contributed by atoms with Gasteiger partial charge in [0, 0.05) is 11.4 Å². The first-order valence-corrected chi connectivity index (χ1v) is 6.75. The van der Waals surface area contributed by atoms with E-state index in [1.807, 2.05) is 6.07 Å². The van der Waals surface area contributed by atoms with E-state index in [4.69, 9.17) is 5.26 Å². The van der Waals surface area contributed by atoms with Crippen molar-refractivity contribution in [2.75, 3.05) is 17.2 Å². The molecule has 0 saturated carbocycles. The van der Waals surface area contributed by atoms with Crippen LogP contribution in [0.4, 0.5) is 24.5 Å². The maximum absolute atomic E-state index is 12.0. The Morgan fingerprint density at radius 3 is 2.17 bits per heavy atom. The first-order chi connectivity index (χ1) is 11.4. The summed E-state index contributed by atoms with van der Waals surface area (Å²) in [4.78, 5) is 11.8. The lowest BCUT2D eigenvalue weighted by atomic mass is 10.2. The Hall–Kier alpha value is -3.21. The van der Waals surface area contributed by atoms with Crippen molar-refractivity contribution in [2.24, 2.45) is 0 Å². The highest BCUT2D eigenvalue weighted by Gasteiger charge is 2.30. The number of rotatable bonds is 5. The van der Waals surface area contributed by atoms with Crippen molar-refractivity contribution in [3.05, 3.63) is 54.1 Å². The topological polar surface area (TPSA) is 74.2 Å². The molecular formula is C16H12F3N3O2. The fraction of sp³-hybridized carbons (Fsp3) is 0.125. The molecule has 1 amide bonds. The molecule has 5 nitrogen and oxygen atoms in total. The molecular weight excluding hydrogens is 323 g/mol. The summed E-state index contributed by atoms with van der Waals surface area (Å²) in [5, 5.41) is 14.1. The Balaban J connectivity index is 1.84. The Labute approximate surface area is 135 Å². The lowest BCUT2D eigenvalue weighted by Crippen LogP contribution is -2.21. The summed E-state index contributed by atoms with van der Waals surface area (Å²) in [6.45, 7) is -0.0350. The molecule has 0 bridgehead atoms. The van der Waals surface area contributed by atoms with Gasteiger partial charge in [-0.3, -0.25) is 4.79 Å². The number of nitrogens with one attached hydrogen (secondary N) is 2. The summed E-state index contributed by atoms with van der Waals surface area (Å²) >= 11 is 0. The van der Waals surface area contributed by atoms with Gasteiger partial charge in [-0.2, -0.15) is 5.26 Å². The molecule has 0 radical (unpaired) electrons. The van der Waals surface area contributed by atoms with Gasteiger partial charge in [0.1, 0.15) is 5.75 Å². The van der Waals surface area contributed by atoms with Gasteiger partial charge in [0.25, 0.3) is 0 Å². The van der Waals surface area contributed by atoms with Gasteiger partial charge in [-0.05, 0) is 48.5 Å². The van der Waals surface area contributed by atoms with Gasteiger partial charge >= 0.3 is 6.36 Å². The van der Waals surface area contributed by atoms with Crippen molar-refractivity contribution in [3.8, 4) is 11.8 Å². The second-order valence-corrected chi connectivity index (χ2v) is 4.66. The summed E-state index contributed by atoms with van der Waals surface area (Å²) in [6, 6.07) is 13.4. The fourth-order valence-electron chi connectivity index (χ4n) is 1.79. The van der Waals surface area contributed by atoms with E-state index in [-0.39, 0.29) is 18.2 Å². The molecule has 2 N–H and O–H groups in total. The highest BCUT2D eigenvalue weighted by atomic mass is 19.4. The number of hydrogen-bond donors (Lipinski definition) is 2. The first-order valence-electron chi connectivity index (χ1n) is 6.75. The number of carbonyl (C=O) groups is 1. The Morgan fingerprint density at radius 2 is 1.62 bits per heavy atom. The van der Waals surface area contributed by atoms with Gasteiger partial charge in [-0.25, -0.2) is 0 Å². The van der Waals surface area contributed by atoms with Crippen LogP contribution in [0.1, 0.15) is 5.56 Å². The van der Waals surface area contributed by atoms with Crippen LogP contribution in [0, 0.1) is 11.3 Å². The largest absolute Gasteiger partial charge is 0.573 e. The molecule has 0 unspecified atom stereocenters. The molecule has 0 saturated heterocycles. The molecule has 2 aromatic rings. The van der Waals surface area contributed by atoms with E-state index in [1.54, 1.807) is 24.3 Å². The highest BCUT2D eigenvalue weighted by molar-refractivity contribution is 5.93. The molecule has 124 valence electrons. The molecule has 0 aliphatic rings. The molecule has 0 atom stereocenters. The van der Waals surface area contributed by atoms with E-state index >= 15 is 0 Å². The van der Waals surface area contributed by atoms with E-state index in [2.05, 4.69) is 15.4 Å². The van der Waals surface area contributed by atoms with Crippen LogP contribution in [-0.2, 0) is 4.79 Å². The van der Waals surface area contributed by atoms with E-state index in [9.17, 15) is 18.0 Å². The number of ether oxygens (including phenoxy) is 1. The molecule has 2 rings (SSSR count). The van der Waals surface area contributed by atoms with Crippen LogP contribution in [0.15, 0.2) is 48.5 Å². The Morgan fingerprint density at radius 1 is 1.04 bits per heavy atom. The zero-order valence-electron chi connectivity index (χ0n) is 12.2. The van der Waals surface area contributed by atoms with E-state index < -0.39 is 6.36 Å². The summed E-state index contributed by atoms with van der Waals surface area (Å²) < 4.78 is 39.9. The van der Waals surface area contributed by atoms with Crippen molar-refractivity contribution >= 4 is 17.3 Å². The molecule has 8 heteroatoms. The maximum Gasteiger partial charge on any atom is 0.573 e. The molecule has 0 spiro atoms. The maximum atomic E-state index is 12.0. The lowest BCUT2D eigenvalue weighted by Gasteiger charge is -2.10. The predicted molar refractivity (Wildman–Crippen MR) is 81.4 cm³/mol. The van der Waals surface area contributed by atoms with Crippen molar-refractivity contribution in [1.82, 2.24) is 0 Å². The minimum atomic E-state index is -4.75. The van der Waals surface area contributed by atoms with Gasteiger partial charge in [0.05, 0.1) is 18.2 Å². The number of benzene rings is 2. The molecule has 2 aromatic carbocycles. The number of anilines is 2. The minimum Gasteiger partial charge on any atom is -0.406 e. The zero-order chi connectivity index (χ0) is 17.6. The molecule has 24 heavy (non-hydrogen) atoms. The van der Waals surface area contributed by atoms with Gasteiger partial charge < -0.3 is 15.4 Å². The van der Waals surface area contributed by atoms with E-state index in [0.29, 0.717) is 16.9 Å². The van der Waals surface area contributed by atoms with Gasteiger partial charge in [0.15, 0.2) is 0 Å². The van der Waals surface area contributed by atoms with Crippen molar-refractivity contribution < 1.29 is 22.7 Å². The standard InChI is InChI=1S/C16H12F3N3O2/c17-16(18,19)24-14-7-5-13(6-8-14)22-15(23)10-21-12-3-1-11(9-20)2-4-12/h1-8,21H,10H2,(H,22,23). The fourth-order valence-corrected chi connectivity index (χ4v) is 1.79. The number of halogens is 3. The van der Waals surface area contributed by atoms with Crippen LogP contribution in [0.5, 0.6) is 5.75 Å². The zero-order valence-corrected chi connectivity index (χ0v) is 12.2. The smallest absolute Gasteiger partial charge is 0.406 e. The molecule has 0 aromatic heterocycles. The highest BCUT2D eigenvalue weighted by Crippen LogP contribution is 2.23. The van der Waals surface area contributed by atoms with Crippen LogP contribution in [0.2, 0.25) is 0 Å². The average Bonchev–Trinajstić information content (AvgIpc) is 2.54. The summed E-state index contributed by atoms with van der Waals surface area (Å²) in [7, 11) is 0. The average molecular weight is 335 g/mol. The van der Waals surface area contributed by atoms with Gasteiger partial charge in [-0.1, -0.05) is 0 Å². The predicted octanol–water partition coefficient (Wildman–Crippen LogP) is 3.51. The third-order valence-corrected chi connectivity index (χ3v) is 2.84. The number of alkyl halides is 3. The van der Waals surface area contributed by atoms with Crippen LogP contribution in [0.25, 0.3) is 0 Å². The number of amides is 1. The van der Waals surface area contributed by atoms with Crippen LogP contribution in [-0.4, -0.2) is 18.8 Å². The summed E-state index contributed by atoms with van der Waals surface area (Å²) in [5.41, 5.74) is 1.51. The Kier molecular flexibility index (Phi) is 5.27. The SMILES string of the molecule is N#Cc1ccc(NCC(=O)Nc2ccc(OC(F)(F)F)cc2)cc1. The third-order valence-electron chi connectivity index (χ3n) is 2.84. The molecule has 0 heterocycles. The summed E-state index contributed by atoms with van der Waals surface area (Å²) in [5.74, 6) is -0.736. The van der Waals surface area contributed by atoms with E-state index in [1.165, 1.54) is 12.1 Å². The lowest BCUT2D eigenvalue weighted by molar-refractivity contribution is -0.274. The third kappa shape index (κ3) is 5.53. The normalized spacial score (nSPS) is 10.6. The number of carbonyl (C=O) groups excluding carboxylic acids is 1. The second-order valence-electron chi connectivity index (χ2n) is 4.66. The number of nitrogens with zero attached hydrogens (tertiary/aromatic N) is 1. The second kappa shape index (κ2) is 7.37. The van der Waals surface area contributed by atoms with Crippen LogP contribution >= 0.6 is 0 Å². The summed E-state index contributed by atoms with van der Waals surface area (Å²) in [6.07, 6.45) is -4.75. The van der Waals surface area contributed by atoms with Crippen molar-refractivity contribution in [1.29, 1.82) is 5.26 Å². The minimum absolute atomic E-state index is 0.0350. The first kappa shape index (κ1) is 17.1. The Bertz CT molecular complexity index is 735. The van der Waals surface area contributed by atoms with E-state index in [0.717, 1.165) is 12.1 Å². The van der Waals surface area contributed by atoms with Crippen LogP contribution in [0.3, 0.4) is 0 Å². The molecule has 0 fully saturated rings. The quantitative estimate of drug-likeness (QED) is 0.877. The van der Waals surface area contributed by atoms with Crippen molar-refractivity contribution in [3.63, 3.8) is 0 Å². The van der Waals surface area contributed by atoms with Crippen molar-refractivity contribution in [2.45, 2.75) is 6.36 Å².